The third-order valence-corrected chi connectivity index (χ3v) is 8.37. The van der Waals surface area contributed by atoms with Crippen LogP contribution in [-0.4, -0.2) is 99.7 Å². The Morgan fingerprint density at radius 3 is 2.36 bits per heavy atom. The van der Waals surface area contributed by atoms with Crippen molar-refractivity contribution in [3.05, 3.63) is 34.6 Å². The van der Waals surface area contributed by atoms with Crippen molar-refractivity contribution in [1.29, 1.82) is 0 Å². The number of nitrogens with zero attached hydrogens (tertiary/aromatic N) is 4. The zero-order valence-corrected chi connectivity index (χ0v) is 28.7. The number of anilines is 1. The third kappa shape index (κ3) is 7.20. The molecule has 0 bridgehead atoms. The van der Waals surface area contributed by atoms with Crippen molar-refractivity contribution < 1.29 is 42.8 Å². The quantitative estimate of drug-likeness (QED) is 0.321. The number of benzene rings is 1. The SMILES string of the molecule is CC(C)(C)OC(=O)Oc1cccc(F)c1-c1nc(N2CC(O)CC2(C)C)c2c(c1Cl)OC[C@H]1CN(C(=O)OC(C)(C)C)CCN1C2=O. The minimum atomic E-state index is -1.06. The van der Waals surface area contributed by atoms with E-state index in [9.17, 15) is 19.5 Å². The van der Waals surface area contributed by atoms with Gasteiger partial charge in [0, 0.05) is 31.7 Å². The number of aliphatic hydroxyl groups is 1. The summed E-state index contributed by atoms with van der Waals surface area (Å²) in [6.07, 6.45) is -1.91. The highest BCUT2D eigenvalue weighted by Crippen LogP contribution is 2.48. The van der Waals surface area contributed by atoms with Crippen LogP contribution in [0.1, 0.15) is 72.2 Å². The van der Waals surface area contributed by atoms with Crippen LogP contribution in [0.15, 0.2) is 18.2 Å². The van der Waals surface area contributed by atoms with Crippen LogP contribution in [0.2, 0.25) is 5.02 Å². The highest BCUT2D eigenvalue weighted by atomic mass is 35.5. The molecule has 2 fully saturated rings. The molecule has 3 aliphatic rings. The Hall–Kier alpha value is -3.84. The number of carbonyl (C=O) groups is 3. The molecule has 1 aromatic heterocycles. The lowest BCUT2D eigenvalue weighted by molar-refractivity contribution is 0.000933. The first-order chi connectivity index (χ1) is 21.8. The molecule has 256 valence electrons. The zero-order valence-electron chi connectivity index (χ0n) is 28.0. The van der Waals surface area contributed by atoms with Gasteiger partial charge in [-0.1, -0.05) is 17.7 Å². The monoisotopic (exact) mass is 676 g/mol. The summed E-state index contributed by atoms with van der Waals surface area (Å²) in [4.78, 5) is 49.7. The van der Waals surface area contributed by atoms with Gasteiger partial charge < -0.3 is 38.8 Å². The molecule has 0 aliphatic carbocycles. The molecule has 2 amide bonds. The van der Waals surface area contributed by atoms with Crippen LogP contribution in [0.4, 0.5) is 19.8 Å². The predicted octanol–water partition coefficient (Wildman–Crippen LogP) is 5.66. The molecule has 0 radical (unpaired) electrons. The molecule has 2 atom stereocenters. The number of pyridine rings is 1. The van der Waals surface area contributed by atoms with Gasteiger partial charge in [-0.15, -0.1) is 0 Å². The lowest BCUT2D eigenvalue weighted by Crippen LogP contribution is -2.58. The number of halogens is 2. The molecule has 5 rings (SSSR count). The average molecular weight is 677 g/mol. The van der Waals surface area contributed by atoms with Crippen LogP contribution in [-0.2, 0) is 9.47 Å². The number of aromatic nitrogens is 1. The van der Waals surface area contributed by atoms with E-state index < -0.39 is 52.9 Å². The van der Waals surface area contributed by atoms with E-state index in [1.54, 1.807) is 51.3 Å². The van der Waals surface area contributed by atoms with Crippen LogP contribution < -0.4 is 14.4 Å². The summed E-state index contributed by atoms with van der Waals surface area (Å²) in [5, 5.41) is 10.5. The molecule has 1 aromatic carbocycles. The molecule has 0 saturated carbocycles. The van der Waals surface area contributed by atoms with Gasteiger partial charge in [-0.2, -0.15) is 0 Å². The maximum atomic E-state index is 15.7. The standard InChI is InChI=1S/C33H42ClFN4O8/c1-31(2,3)46-29(42)37-12-13-38-18(15-37)17-44-26-23(28(38)41)27(39-16-19(40)14-33(39,7)8)36-25(24(26)34)22-20(35)10-9-11-21(22)45-30(43)47-32(4,5)6/h9-11,18-19,40H,12-17H2,1-8H3/t18-,19?/m1/s1. The molecule has 4 heterocycles. The molecular formula is C33H42ClFN4O8. The van der Waals surface area contributed by atoms with Crippen molar-refractivity contribution in [2.24, 2.45) is 0 Å². The fraction of sp³-hybridized carbons (Fsp3) is 0.576. The van der Waals surface area contributed by atoms with E-state index in [4.69, 9.17) is 35.5 Å². The van der Waals surface area contributed by atoms with E-state index >= 15 is 4.39 Å². The maximum Gasteiger partial charge on any atom is 0.514 e. The van der Waals surface area contributed by atoms with Crippen molar-refractivity contribution in [2.45, 2.75) is 90.7 Å². The molecule has 3 aliphatic heterocycles. The zero-order chi connectivity index (χ0) is 34.6. The molecule has 0 spiro atoms. The Balaban J connectivity index is 1.62. The van der Waals surface area contributed by atoms with E-state index in [1.165, 1.54) is 23.1 Å². The number of ether oxygens (including phenoxy) is 4. The highest BCUT2D eigenvalue weighted by Gasteiger charge is 2.46. The highest BCUT2D eigenvalue weighted by molar-refractivity contribution is 6.35. The summed E-state index contributed by atoms with van der Waals surface area (Å²) in [6, 6.07) is 3.36. The van der Waals surface area contributed by atoms with Gasteiger partial charge in [-0.25, -0.2) is 19.0 Å². The number of rotatable bonds is 3. The summed E-state index contributed by atoms with van der Waals surface area (Å²) < 4.78 is 38.3. The molecule has 2 saturated heterocycles. The van der Waals surface area contributed by atoms with Gasteiger partial charge >= 0.3 is 12.2 Å². The molecule has 1 unspecified atom stereocenters. The Labute approximate surface area is 278 Å². The Morgan fingerprint density at radius 2 is 1.74 bits per heavy atom. The van der Waals surface area contributed by atoms with Gasteiger partial charge in [0.25, 0.3) is 5.91 Å². The lowest BCUT2D eigenvalue weighted by Gasteiger charge is -2.40. The number of β-amino-alcohol motifs (C(OH)–C–C–N with tert-alkyl or cyclic N) is 1. The largest absolute Gasteiger partial charge is 0.514 e. The second kappa shape index (κ2) is 12.3. The summed E-state index contributed by atoms with van der Waals surface area (Å²) in [5.74, 6) is -1.33. The van der Waals surface area contributed by atoms with E-state index in [0.717, 1.165) is 0 Å². The van der Waals surface area contributed by atoms with Crippen molar-refractivity contribution in [2.75, 3.05) is 37.7 Å². The van der Waals surface area contributed by atoms with Gasteiger partial charge in [0.2, 0.25) is 0 Å². The van der Waals surface area contributed by atoms with Crippen LogP contribution in [0.3, 0.4) is 0 Å². The average Bonchev–Trinajstić information content (AvgIpc) is 3.11. The van der Waals surface area contributed by atoms with E-state index in [-0.39, 0.29) is 71.9 Å². The number of aliphatic hydroxyl groups excluding tert-OH is 1. The number of piperazine rings is 1. The molecule has 1 N–H and O–H groups in total. The summed E-state index contributed by atoms with van der Waals surface area (Å²) >= 11 is 6.96. The van der Waals surface area contributed by atoms with Gasteiger partial charge in [0.15, 0.2) is 5.75 Å². The number of fused-ring (bicyclic) bond motifs is 2. The Kier molecular flexibility index (Phi) is 9.04. The van der Waals surface area contributed by atoms with Crippen LogP contribution in [0.5, 0.6) is 11.5 Å². The van der Waals surface area contributed by atoms with Crippen molar-refractivity contribution in [3.8, 4) is 22.8 Å². The summed E-state index contributed by atoms with van der Waals surface area (Å²) in [7, 11) is 0. The van der Waals surface area contributed by atoms with E-state index in [0.29, 0.717) is 6.42 Å². The summed E-state index contributed by atoms with van der Waals surface area (Å²) in [6.45, 7) is 14.8. The third-order valence-electron chi connectivity index (χ3n) is 8.01. The second-order valence-electron chi connectivity index (χ2n) is 14.7. The molecule has 14 heteroatoms. The Bertz CT molecular complexity index is 1590. The molecule has 12 nitrogen and oxygen atoms in total. The summed E-state index contributed by atoms with van der Waals surface area (Å²) in [5.41, 5.74) is -2.55. The van der Waals surface area contributed by atoms with Gasteiger partial charge in [-0.05, 0) is 73.9 Å². The lowest BCUT2D eigenvalue weighted by atomic mass is 10.00. The van der Waals surface area contributed by atoms with Gasteiger partial charge in [0.05, 0.1) is 17.7 Å². The second-order valence-corrected chi connectivity index (χ2v) is 15.0. The minimum absolute atomic E-state index is 0.0291. The first-order valence-electron chi connectivity index (χ1n) is 15.6. The smallest absolute Gasteiger partial charge is 0.489 e. The number of hydrogen-bond acceptors (Lipinski definition) is 10. The number of hydrogen-bond donors (Lipinski definition) is 1. The predicted molar refractivity (Wildman–Crippen MR) is 172 cm³/mol. The van der Waals surface area contributed by atoms with Gasteiger partial charge in [-0.3, -0.25) is 4.79 Å². The fourth-order valence-electron chi connectivity index (χ4n) is 6.06. The van der Waals surface area contributed by atoms with Crippen molar-refractivity contribution in [3.63, 3.8) is 0 Å². The number of carbonyl (C=O) groups excluding carboxylic acids is 3. The first-order valence-corrected chi connectivity index (χ1v) is 15.9. The fourth-order valence-corrected chi connectivity index (χ4v) is 6.35. The topological polar surface area (TPSA) is 131 Å². The normalized spacial score (nSPS) is 21.0. The Morgan fingerprint density at radius 1 is 1.06 bits per heavy atom. The van der Waals surface area contributed by atoms with Crippen LogP contribution in [0.25, 0.3) is 11.3 Å². The van der Waals surface area contributed by atoms with Crippen LogP contribution in [0, 0.1) is 5.82 Å². The maximum absolute atomic E-state index is 15.7. The first kappa shape index (κ1) is 34.5. The minimum Gasteiger partial charge on any atom is -0.489 e. The van der Waals surface area contributed by atoms with E-state index in [1.807, 2.05) is 13.8 Å². The van der Waals surface area contributed by atoms with Crippen molar-refractivity contribution in [1.82, 2.24) is 14.8 Å². The van der Waals surface area contributed by atoms with E-state index in [2.05, 4.69) is 0 Å². The molecule has 2 aromatic rings. The molecular weight excluding hydrogens is 635 g/mol. The number of amides is 2. The van der Waals surface area contributed by atoms with Gasteiger partial charge in [0.1, 0.15) is 51.5 Å². The van der Waals surface area contributed by atoms with Crippen molar-refractivity contribution >= 4 is 35.6 Å². The molecule has 47 heavy (non-hydrogen) atoms. The van der Waals surface area contributed by atoms with Crippen LogP contribution >= 0.6 is 11.6 Å².